The van der Waals surface area contributed by atoms with Gasteiger partial charge in [-0.05, 0) is 55.5 Å². The quantitative estimate of drug-likeness (QED) is 0.352. The predicted octanol–water partition coefficient (Wildman–Crippen LogP) is 4.75. The Morgan fingerprint density at radius 2 is 1.71 bits per heavy atom. The van der Waals surface area contributed by atoms with Crippen LogP contribution in [0.1, 0.15) is 54.0 Å². The Morgan fingerprint density at radius 1 is 1.11 bits per heavy atom. The number of hydrogen-bond donors (Lipinski definition) is 1. The summed E-state index contributed by atoms with van der Waals surface area (Å²) in [6.07, 6.45) is 5.76. The standard InChI is InChI=1S/C23H29NO4/c1-15(22(4,5)6)8-9-16(2)23(7)24-20(21(26)28-23)14-18-10-12-19(13-11-18)27-17(3)25/h8-14,24H,1-7H3/b15-8+,16-9+,20-14-. The maximum Gasteiger partial charge on any atom is 0.356 e. The first kappa shape index (κ1) is 21.5. The molecular formula is C23H29NO4. The van der Waals surface area contributed by atoms with Gasteiger partial charge in [-0.15, -0.1) is 0 Å². The fourth-order valence-corrected chi connectivity index (χ4v) is 2.47. The number of nitrogens with one attached hydrogen (secondary N) is 1. The smallest absolute Gasteiger partial charge is 0.356 e. The van der Waals surface area contributed by atoms with E-state index in [1.807, 2.05) is 19.9 Å². The van der Waals surface area contributed by atoms with Crippen molar-refractivity contribution in [1.29, 1.82) is 0 Å². The van der Waals surface area contributed by atoms with Gasteiger partial charge in [-0.1, -0.05) is 50.6 Å². The lowest BCUT2D eigenvalue weighted by Crippen LogP contribution is -2.38. The molecule has 5 nitrogen and oxygen atoms in total. The molecular weight excluding hydrogens is 354 g/mol. The van der Waals surface area contributed by atoms with Crippen molar-refractivity contribution in [3.8, 4) is 5.75 Å². The highest BCUT2D eigenvalue weighted by atomic mass is 16.6. The summed E-state index contributed by atoms with van der Waals surface area (Å²) in [5, 5.41) is 3.18. The van der Waals surface area contributed by atoms with Gasteiger partial charge in [0.05, 0.1) is 0 Å². The predicted molar refractivity (Wildman–Crippen MR) is 110 cm³/mol. The third kappa shape index (κ3) is 5.35. The molecule has 0 amide bonds. The van der Waals surface area contributed by atoms with Gasteiger partial charge in [0.15, 0.2) is 0 Å². The Balaban J connectivity index is 2.19. The number of allylic oxidation sites excluding steroid dienone is 3. The fourth-order valence-electron chi connectivity index (χ4n) is 2.47. The average molecular weight is 383 g/mol. The molecule has 150 valence electrons. The molecule has 0 saturated carbocycles. The van der Waals surface area contributed by atoms with Crippen LogP contribution in [-0.2, 0) is 14.3 Å². The lowest BCUT2D eigenvalue weighted by Gasteiger charge is -2.24. The van der Waals surface area contributed by atoms with Gasteiger partial charge in [-0.3, -0.25) is 4.79 Å². The highest BCUT2D eigenvalue weighted by molar-refractivity contribution is 5.95. The van der Waals surface area contributed by atoms with Gasteiger partial charge in [0.1, 0.15) is 11.4 Å². The van der Waals surface area contributed by atoms with E-state index in [-0.39, 0.29) is 11.4 Å². The van der Waals surface area contributed by atoms with Crippen molar-refractivity contribution in [3.63, 3.8) is 0 Å². The van der Waals surface area contributed by atoms with Gasteiger partial charge in [0.2, 0.25) is 5.72 Å². The molecule has 28 heavy (non-hydrogen) atoms. The highest BCUT2D eigenvalue weighted by Gasteiger charge is 2.40. The summed E-state index contributed by atoms with van der Waals surface area (Å²) in [4.78, 5) is 23.3. The van der Waals surface area contributed by atoms with Crippen LogP contribution < -0.4 is 10.1 Å². The first-order chi connectivity index (χ1) is 12.9. The van der Waals surface area contributed by atoms with Crippen molar-refractivity contribution < 1.29 is 19.1 Å². The molecule has 1 unspecified atom stereocenters. The monoisotopic (exact) mass is 383 g/mol. The van der Waals surface area contributed by atoms with E-state index in [1.54, 1.807) is 30.3 Å². The zero-order valence-corrected chi connectivity index (χ0v) is 17.7. The minimum atomic E-state index is -0.894. The van der Waals surface area contributed by atoms with E-state index in [0.29, 0.717) is 11.4 Å². The summed E-state index contributed by atoms with van der Waals surface area (Å²) in [6.45, 7) is 13.7. The molecule has 0 aromatic heterocycles. The maximum absolute atomic E-state index is 12.3. The molecule has 1 aliphatic rings. The third-order valence-corrected chi connectivity index (χ3v) is 4.86. The van der Waals surface area contributed by atoms with Gasteiger partial charge < -0.3 is 14.8 Å². The van der Waals surface area contributed by atoms with Crippen LogP contribution in [0.4, 0.5) is 0 Å². The van der Waals surface area contributed by atoms with E-state index in [0.717, 1.165) is 11.1 Å². The molecule has 1 N–H and O–H groups in total. The number of esters is 2. The van der Waals surface area contributed by atoms with Crippen molar-refractivity contribution in [1.82, 2.24) is 5.32 Å². The third-order valence-electron chi connectivity index (χ3n) is 4.86. The minimum absolute atomic E-state index is 0.0841. The van der Waals surface area contributed by atoms with Gasteiger partial charge >= 0.3 is 11.9 Å². The number of carbonyl (C=O) groups excluding carboxylic acids is 2. The lowest BCUT2D eigenvalue weighted by molar-refractivity contribution is -0.143. The van der Waals surface area contributed by atoms with Gasteiger partial charge in [0.25, 0.3) is 0 Å². The normalized spacial score (nSPS) is 22.1. The van der Waals surface area contributed by atoms with Crippen LogP contribution in [-0.4, -0.2) is 17.7 Å². The molecule has 1 atom stereocenters. The van der Waals surface area contributed by atoms with E-state index in [1.165, 1.54) is 12.5 Å². The van der Waals surface area contributed by atoms with Gasteiger partial charge in [0, 0.05) is 6.92 Å². The first-order valence-corrected chi connectivity index (χ1v) is 9.28. The Bertz CT molecular complexity index is 854. The molecule has 1 aliphatic heterocycles. The molecule has 0 spiro atoms. The molecule has 5 heteroatoms. The van der Waals surface area contributed by atoms with Crippen LogP contribution in [0.5, 0.6) is 5.75 Å². The van der Waals surface area contributed by atoms with Crippen LogP contribution in [0, 0.1) is 5.41 Å². The minimum Gasteiger partial charge on any atom is -0.431 e. The highest BCUT2D eigenvalue weighted by Crippen LogP contribution is 2.29. The number of carbonyl (C=O) groups is 2. The zero-order valence-electron chi connectivity index (χ0n) is 17.7. The number of cyclic esters (lactones) is 1. The van der Waals surface area contributed by atoms with E-state index in [4.69, 9.17) is 9.47 Å². The van der Waals surface area contributed by atoms with E-state index < -0.39 is 11.7 Å². The van der Waals surface area contributed by atoms with Gasteiger partial charge in [-0.25, -0.2) is 4.79 Å². The summed E-state index contributed by atoms with van der Waals surface area (Å²) in [5.41, 5.74) is 2.51. The van der Waals surface area contributed by atoms with Crippen LogP contribution in [0.25, 0.3) is 6.08 Å². The Hall–Kier alpha value is -2.82. The topological polar surface area (TPSA) is 64.6 Å². The molecule has 1 aromatic rings. The first-order valence-electron chi connectivity index (χ1n) is 9.28. The molecule has 1 saturated heterocycles. The molecule has 0 radical (unpaired) electrons. The van der Waals surface area contributed by atoms with E-state index in [9.17, 15) is 9.59 Å². The zero-order chi connectivity index (χ0) is 21.1. The average Bonchev–Trinajstić information content (AvgIpc) is 2.87. The molecule has 0 bridgehead atoms. The molecule has 0 aliphatic carbocycles. The Kier molecular flexibility index (Phi) is 6.17. The van der Waals surface area contributed by atoms with E-state index >= 15 is 0 Å². The maximum atomic E-state index is 12.3. The fraction of sp³-hybridized carbons (Fsp3) is 0.391. The molecule has 1 aromatic carbocycles. The van der Waals surface area contributed by atoms with Crippen molar-refractivity contribution >= 4 is 18.0 Å². The summed E-state index contributed by atoms with van der Waals surface area (Å²) < 4.78 is 10.6. The summed E-state index contributed by atoms with van der Waals surface area (Å²) in [5.74, 6) is -0.321. The largest absolute Gasteiger partial charge is 0.431 e. The summed E-state index contributed by atoms with van der Waals surface area (Å²) >= 11 is 0. The summed E-state index contributed by atoms with van der Waals surface area (Å²) in [7, 11) is 0. The van der Waals surface area contributed by atoms with Crippen molar-refractivity contribution in [2.75, 3.05) is 0 Å². The molecule has 1 fully saturated rings. The second kappa shape index (κ2) is 8.05. The van der Waals surface area contributed by atoms with Crippen LogP contribution in [0.2, 0.25) is 0 Å². The lowest BCUT2D eigenvalue weighted by atomic mass is 9.87. The second-order valence-corrected chi connectivity index (χ2v) is 8.22. The molecule has 2 rings (SSSR count). The van der Waals surface area contributed by atoms with Crippen LogP contribution in [0.3, 0.4) is 0 Å². The SMILES string of the molecule is CC(=O)Oc1ccc(/C=C2\NC(C)(/C(C)=C/C=C(\C)C(C)(C)C)OC2=O)cc1. The van der Waals surface area contributed by atoms with Crippen LogP contribution >= 0.6 is 0 Å². The number of benzene rings is 1. The van der Waals surface area contributed by atoms with Crippen molar-refractivity contribution in [2.45, 2.75) is 54.2 Å². The number of rotatable bonds is 4. The van der Waals surface area contributed by atoms with Crippen molar-refractivity contribution in [2.24, 2.45) is 5.41 Å². The number of ether oxygens (including phenoxy) is 2. The summed E-state index contributed by atoms with van der Waals surface area (Å²) in [6, 6.07) is 6.90. The van der Waals surface area contributed by atoms with Crippen molar-refractivity contribution in [3.05, 3.63) is 58.8 Å². The van der Waals surface area contributed by atoms with Gasteiger partial charge in [-0.2, -0.15) is 0 Å². The van der Waals surface area contributed by atoms with Crippen LogP contribution in [0.15, 0.2) is 53.3 Å². The Labute approximate surface area is 167 Å². The van der Waals surface area contributed by atoms with E-state index in [2.05, 4.69) is 39.1 Å². The Morgan fingerprint density at radius 3 is 2.25 bits per heavy atom. The second-order valence-electron chi connectivity index (χ2n) is 8.22. The molecule has 1 heterocycles. The number of hydrogen-bond acceptors (Lipinski definition) is 5.